The minimum absolute atomic E-state index is 0.0462. The number of hydrogen-bond acceptors (Lipinski definition) is 1. The molecule has 0 spiro atoms. The number of carbonyl (C=O) groups excluding carboxylic acids is 1. The third-order valence-corrected chi connectivity index (χ3v) is 6.83. The Hall–Kier alpha value is -0.330. The summed E-state index contributed by atoms with van der Waals surface area (Å²) in [7, 11) is 0. The van der Waals surface area contributed by atoms with Crippen LogP contribution < -0.4 is 0 Å². The summed E-state index contributed by atoms with van der Waals surface area (Å²) in [4.78, 5) is 12.8. The third-order valence-electron chi connectivity index (χ3n) is 6.83. The first-order chi connectivity index (χ1) is 11.3. The summed E-state index contributed by atoms with van der Waals surface area (Å²) in [5.41, 5.74) is 0.0462. The number of hydrogen-bond donors (Lipinski definition) is 0. The number of ketones is 1. The van der Waals surface area contributed by atoms with Crippen molar-refractivity contribution in [3.8, 4) is 0 Å². The van der Waals surface area contributed by atoms with Crippen LogP contribution in [0.4, 0.5) is 0 Å². The van der Waals surface area contributed by atoms with Crippen LogP contribution >= 0.6 is 0 Å². The molecule has 0 unspecified atom stereocenters. The average molecular weight is 321 g/mol. The van der Waals surface area contributed by atoms with Crippen LogP contribution in [0.25, 0.3) is 0 Å². The van der Waals surface area contributed by atoms with Gasteiger partial charge in [-0.2, -0.15) is 0 Å². The molecule has 0 radical (unpaired) electrons. The summed E-state index contributed by atoms with van der Waals surface area (Å²) >= 11 is 0. The minimum atomic E-state index is 0.0462. The lowest BCUT2D eigenvalue weighted by atomic mass is 9.62. The zero-order valence-electron chi connectivity index (χ0n) is 15.7. The van der Waals surface area contributed by atoms with Crippen molar-refractivity contribution in [1.29, 1.82) is 0 Å². The summed E-state index contributed by atoms with van der Waals surface area (Å²) in [6.45, 7) is 1.91. The highest BCUT2D eigenvalue weighted by molar-refractivity contribution is 5.82. The Morgan fingerprint density at radius 1 is 0.609 bits per heavy atom. The van der Waals surface area contributed by atoms with Gasteiger partial charge < -0.3 is 0 Å². The van der Waals surface area contributed by atoms with Crippen molar-refractivity contribution in [2.24, 2.45) is 11.3 Å². The van der Waals surface area contributed by atoms with Gasteiger partial charge in [0.1, 0.15) is 5.78 Å². The molecule has 2 fully saturated rings. The SMILES string of the molecule is CC(=O)C1(C2CCCCC2)CCCCCCCCCCCCC1. The van der Waals surface area contributed by atoms with Crippen molar-refractivity contribution >= 4 is 5.78 Å². The van der Waals surface area contributed by atoms with Gasteiger partial charge in [-0.05, 0) is 38.5 Å². The lowest BCUT2D eigenvalue weighted by Crippen LogP contribution is -2.38. The first kappa shape index (κ1) is 19.0. The largest absolute Gasteiger partial charge is 0.299 e. The van der Waals surface area contributed by atoms with Gasteiger partial charge in [0.15, 0.2) is 0 Å². The maximum atomic E-state index is 12.8. The van der Waals surface area contributed by atoms with Gasteiger partial charge >= 0.3 is 0 Å². The van der Waals surface area contributed by atoms with Crippen molar-refractivity contribution < 1.29 is 4.79 Å². The fourth-order valence-corrected chi connectivity index (χ4v) is 5.30. The molecule has 134 valence electrons. The fourth-order valence-electron chi connectivity index (χ4n) is 5.30. The van der Waals surface area contributed by atoms with Crippen molar-refractivity contribution in [3.05, 3.63) is 0 Å². The maximum Gasteiger partial charge on any atom is 0.136 e. The lowest BCUT2D eigenvalue weighted by Gasteiger charge is -2.41. The Balaban J connectivity index is 2.01. The van der Waals surface area contributed by atoms with Gasteiger partial charge in [0.2, 0.25) is 0 Å². The summed E-state index contributed by atoms with van der Waals surface area (Å²) in [6, 6.07) is 0. The number of rotatable bonds is 2. The highest BCUT2D eigenvalue weighted by Gasteiger charge is 2.42. The first-order valence-electron chi connectivity index (χ1n) is 10.8. The topological polar surface area (TPSA) is 17.1 Å². The molecule has 0 saturated heterocycles. The van der Waals surface area contributed by atoms with E-state index in [1.54, 1.807) is 0 Å². The molecule has 2 rings (SSSR count). The molecule has 0 aromatic rings. The molecule has 0 atom stereocenters. The van der Waals surface area contributed by atoms with Crippen LogP contribution in [0.15, 0.2) is 0 Å². The van der Waals surface area contributed by atoms with E-state index in [1.807, 2.05) is 6.92 Å². The Labute approximate surface area is 145 Å². The number of Topliss-reactive ketones (excluding diaryl/α,β-unsaturated/α-hetero) is 1. The average Bonchev–Trinajstić information content (AvgIpc) is 2.57. The van der Waals surface area contributed by atoms with Gasteiger partial charge in [-0.1, -0.05) is 89.9 Å². The molecular formula is C22H40O. The van der Waals surface area contributed by atoms with E-state index in [4.69, 9.17) is 0 Å². The summed E-state index contributed by atoms with van der Waals surface area (Å²) in [5, 5.41) is 0. The lowest BCUT2D eigenvalue weighted by molar-refractivity contribution is -0.132. The molecule has 2 aliphatic carbocycles. The van der Waals surface area contributed by atoms with E-state index in [0.29, 0.717) is 11.7 Å². The summed E-state index contributed by atoms with van der Waals surface area (Å²) in [5.74, 6) is 1.22. The van der Waals surface area contributed by atoms with Gasteiger partial charge in [-0.15, -0.1) is 0 Å². The van der Waals surface area contributed by atoms with E-state index in [2.05, 4.69) is 0 Å². The van der Waals surface area contributed by atoms with Crippen LogP contribution in [0.5, 0.6) is 0 Å². The zero-order chi connectivity index (χ0) is 16.4. The molecule has 1 nitrogen and oxygen atoms in total. The van der Waals surface area contributed by atoms with Crippen molar-refractivity contribution in [2.45, 2.75) is 122 Å². The van der Waals surface area contributed by atoms with Crippen LogP contribution in [0.3, 0.4) is 0 Å². The Kier molecular flexibility index (Phi) is 8.69. The molecule has 1 heteroatoms. The first-order valence-corrected chi connectivity index (χ1v) is 10.8. The van der Waals surface area contributed by atoms with E-state index in [1.165, 1.54) is 116 Å². The van der Waals surface area contributed by atoms with Crippen LogP contribution in [-0.4, -0.2) is 5.78 Å². The second kappa shape index (κ2) is 10.5. The molecule has 0 bridgehead atoms. The highest BCUT2D eigenvalue weighted by Crippen LogP contribution is 2.46. The van der Waals surface area contributed by atoms with Gasteiger partial charge in [-0.25, -0.2) is 0 Å². The van der Waals surface area contributed by atoms with E-state index in [9.17, 15) is 4.79 Å². The van der Waals surface area contributed by atoms with Gasteiger partial charge in [0.05, 0.1) is 0 Å². The molecule has 0 aromatic carbocycles. The third kappa shape index (κ3) is 5.91. The molecule has 0 N–H and O–H groups in total. The smallest absolute Gasteiger partial charge is 0.136 e. The second-order valence-corrected chi connectivity index (χ2v) is 8.44. The molecule has 0 aromatic heterocycles. The van der Waals surface area contributed by atoms with E-state index in [-0.39, 0.29) is 5.41 Å². The second-order valence-electron chi connectivity index (χ2n) is 8.44. The van der Waals surface area contributed by atoms with Crippen LogP contribution in [0.1, 0.15) is 122 Å². The van der Waals surface area contributed by atoms with Crippen molar-refractivity contribution in [1.82, 2.24) is 0 Å². The number of carbonyl (C=O) groups is 1. The van der Waals surface area contributed by atoms with E-state index >= 15 is 0 Å². The van der Waals surface area contributed by atoms with Gasteiger partial charge in [0.25, 0.3) is 0 Å². The minimum Gasteiger partial charge on any atom is -0.299 e. The van der Waals surface area contributed by atoms with Gasteiger partial charge in [-0.3, -0.25) is 4.79 Å². The van der Waals surface area contributed by atoms with Crippen LogP contribution in [0.2, 0.25) is 0 Å². The van der Waals surface area contributed by atoms with Crippen LogP contribution in [-0.2, 0) is 4.79 Å². The Bertz CT molecular complexity index is 313. The quantitative estimate of drug-likeness (QED) is 0.524. The molecule has 0 aliphatic heterocycles. The molecule has 2 saturated carbocycles. The molecule has 0 heterocycles. The van der Waals surface area contributed by atoms with E-state index < -0.39 is 0 Å². The molecule has 0 amide bonds. The monoisotopic (exact) mass is 320 g/mol. The van der Waals surface area contributed by atoms with Crippen LogP contribution in [0, 0.1) is 11.3 Å². The van der Waals surface area contributed by atoms with Gasteiger partial charge in [0, 0.05) is 5.41 Å². The standard InChI is InChI=1S/C22H40O/c1-20(23)22(21-16-12-11-13-17-21)18-14-9-7-5-3-2-4-6-8-10-15-19-22/h21H,2-19H2,1H3. The molecule has 2 aliphatic rings. The van der Waals surface area contributed by atoms with Crippen molar-refractivity contribution in [3.63, 3.8) is 0 Å². The maximum absolute atomic E-state index is 12.8. The molecule has 23 heavy (non-hydrogen) atoms. The molecular weight excluding hydrogens is 280 g/mol. The normalized spacial score (nSPS) is 26.3. The van der Waals surface area contributed by atoms with E-state index in [0.717, 1.165) is 0 Å². The summed E-state index contributed by atoms with van der Waals surface area (Å²) in [6.07, 6.45) is 24.3. The zero-order valence-corrected chi connectivity index (χ0v) is 15.7. The Morgan fingerprint density at radius 3 is 1.35 bits per heavy atom. The predicted octanol–water partition coefficient (Wildman–Crippen LogP) is 7.23. The predicted molar refractivity (Wildman–Crippen MR) is 99.7 cm³/mol. The highest BCUT2D eigenvalue weighted by atomic mass is 16.1. The summed E-state index contributed by atoms with van der Waals surface area (Å²) < 4.78 is 0. The Morgan fingerprint density at radius 2 is 0.957 bits per heavy atom. The fraction of sp³-hybridized carbons (Fsp3) is 0.955. The van der Waals surface area contributed by atoms with Crippen molar-refractivity contribution in [2.75, 3.05) is 0 Å².